The molecule has 2 N–H and O–H groups in total. The molecule has 0 aliphatic heterocycles. The molecule has 0 fully saturated rings. The van der Waals surface area contributed by atoms with E-state index in [0.29, 0.717) is 5.71 Å². The molecule has 0 spiro atoms. The van der Waals surface area contributed by atoms with Crippen molar-refractivity contribution in [3.05, 3.63) is 35.8 Å². The fourth-order valence-electron chi connectivity index (χ4n) is 1.86. The third kappa shape index (κ3) is 2.06. The van der Waals surface area contributed by atoms with E-state index in [-0.39, 0.29) is 0 Å². The highest BCUT2D eigenvalue weighted by Crippen LogP contribution is 2.22. The van der Waals surface area contributed by atoms with E-state index in [4.69, 9.17) is 10.1 Å². The first-order valence-corrected chi connectivity index (χ1v) is 5.37. The summed E-state index contributed by atoms with van der Waals surface area (Å²) in [5.74, 6) is 0.731. The molecular weight excluding hydrogens is 214 g/mol. The Morgan fingerprint density at radius 1 is 1.41 bits per heavy atom. The summed E-state index contributed by atoms with van der Waals surface area (Å²) in [6, 6.07) is 3.97. The standard InChI is InChI=1S/C13H15N3O/c1-8(14)12(9(2)17-3)11-6-10-4-5-15-13(10)16-7-11/h4-7,14H,1-3H3,(H,15,16)/b12-9+,14-8?. The van der Waals surface area contributed by atoms with Gasteiger partial charge in [0.1, 0.15) is 11.4 Å². The molecule has 0 unspecified atom stereocenters. The normalized spacial score (nSPS) is 12.4. The Morgan fingerprint density at radius 3 is 2.82 bits per heavy atom. The Labute approximate surface area is 99.8 Å². The van der Waals surface area contributed by atoms with E-state index in [0.717, 1.165) is 27.9 Å². The maximum Gasteiger partial charge on any atom is 0.137 e. The zero-order valence-corrected chi connectivity index (χ0v) is 10.2. The van der Waals surface area contributed by atoms with E-state index in [1.807, 2.05) is 25.3 Å². The Morgan fingerprint density at radius 2 is 2.18 bits per heavy atom. The molecule has 4 nitrogen and oxygen atoms in total. The van der Waals surface area contributed by atoms with Crippen molar-refractivity contribution in [3.63, 3.8) is 0 Å². The summed E-state index contributed by atoms with van der Waals surface area (Å²) in [4.78, 5) is 7.37. The van der Waals surface area contributed by atoms with Crippen LogP contribution in [0.1, 0.15) is 19.4 Å². The van der Waals surface area contributed by atoms with Crippen molar-refractivity contribution >= 4 is 22.3 Å². The van der Waals surface area contributed by atoms with E-state index in [9.17, 15) is 0 Å². The summed E-state index contributed by atoms with van der Waals surface area (Å²) < 4.78 is 5.22. The smallest absolute Gasteiger partial charge is 0.137 e. The van der Waals surface area contributed by atoms with Gasteiger partial charge in [0, 0.05) is 34.6 Å². The summed E-state index contributed by atoms with van der Waals surface area (Å²) in [6.45, 7) is 3.61. The van der Waals surface area contributed by atoms with Crippen LogP contribution in [-0.4, -0.2) is 22.8 Å². The van der Waals surface area contributed by atoms with E-state index in [2.05, 4.69) is 9.97 Å². The van der Waals surface area contributed by atoms with Gasteiger partial charge in [0.25, 0.3) is 0 Å². The number of allylic oxidation sites excluding steroid dienone is 2. The molecule has 0 radical (unpaired) electrons. The number of fused-ring (bicyclic) bond motifs is 1. The quantitative estimate of drug-likeness (QED) is 0.627. The number of pyridine rings is 1. The lowest BCUT2D eigenvalue weighted by Crippen LogP contribution is -2.00. The fraction of sp³-hybridized carbons (Fsp3) is 0.231. The summed E-state index contributed by atoms with van der Waals surface area (Å²) in [5.41, 5.74) is 3.03. The minimum absolute atomic E-state index is 0.473. The third-order valence-corrected chi connectivity index (χ3v) is 2.72. The molecule has 2 heterocycles. The average Bonchev–Trinajstić information content (AvgIpc) is 2.75. The topological polar surface area (TPSA) is 61.8 Å². The molecule has 17 heavy (non-hydrogen) atoms. The van der Waals surface area contributed by atoms with Gasteiger partial charge in [-0.2, -0.15) is 0 Å². The Hall–Kier alpha value is -2.10. The molecule has 2 aromatic rings. The van der Waals surface area contributed by atoms with Gasteiger partial charge in [0.05, 0.1) is 7.11 Å². The number of aromatic amines is 1. The predicted octanol–water partition coefficient (Wildman–Crippen LogP) is 2.98. The summed E-state index contributed by atoms with van der Waals surface area (Å²) >= 11 is 0. The first-order valence-electron chi connectivity index (χ1n) is 5.37. The lowest BCUT2D eigenvalue weighted by atomic mass is 10.0. The van der Waals surface area contributed by atoms with Gasteiger partial charge in [-0.1, -0.05) is 0 Å². The third-order valence-electron chi connectivity index (χ3n) is 2.72. The lowest BCUT2D eigenvalue weighted by Gasteiger charge is -2.10. The number of ether oxygens (including phenoxy) is 1. The van der Waals surface area contributed by atoms with Crippen LogP contribution < -0.4 is 0 Å². The van der Waals surface area contributed by atoms with Crippen LogP contribution in [0.15, 0.2) is 30.3 Å². The molecule has 0 aromatic carbocycles. The summed E-state index contributed by atoms with van der Waals surface area (Å²) in [7, 11) is 1.61. The second-order valence-corrected chi connectivity index (χ2v) is 3.90. The number of methoxy groups -OCH3 is 1. The predicted molar refractivity (Wildman–Crippen MR) is 69.1 cm³/mol. The van der Waals surface area contributed by atoms with Crippen LogP contribution in [0.5, 0.6) is 0 Å². The van der Waals surface area contributed by atoms with Crippen molar-refractivity contribution in [2.24, 2.45) is 0 Å². The van der Waals surface area contributed by atoms with Crippen LogP contribution in [-0.2, 0) is 4.74 Å². The van der Waals surface area contributed by atoms with Crippen LogP contribution in [0.25, 0.3) is 16.6 Å². The lowest BCUT2D eigenvalue weighted by molar-refractivity contribution is 0.296. The van der Waals surface area contributed by atoms with Gasteiger partial charge in [0.15, 0.2) is 0 Å². The summed E-state index contributed by atoms with van der Waals surface area (Å²) in [5, 5.41) is 8.85. The van der Waals surface area contributed by atoms with Crippen molar-refractivity contribution < 1.29 is 4.74 Å². The van der Waals surface area contributed by atoms with Gasteiger partial charge in [0.2, 0.25) is 0 Å². The van der Waals surface area contributed by atoms with Crippen molar-refractivity contribution in [2.45, 2.75) is 13.8 Å². The number of aromatic nitrogens is 2. The SMILES string of the molecule is CO/C(C)=C(\C(C)=N)c1cnc2[nH]ccc2c1. The average molecular weight is 229 g/mol. The first kappa shape index (κ1) is 11.4. The van der Waals surface area contributed by atoms with E-state index < -0.39 is 0 Å². The molecule has 0 aliphatic rings. The van der Waals surface area contributed by atoms with Crippen LogP contribution in [0.4, 0.5) is 0 Å². The van der Waals surface area contributed by atoms with Crippen LogP contribution in [0, 0.1) is 5.41 Å². The number of hydrogen-bond acceptors (Lipinski definition) is 3. The molecule has 0 saturated heterocycles. The number of rotatable bonds is 3. The monoisotopic (exact) mass is 229 g/mol. The molecule has 0 saturated carbocycles. The molecule has 2 rings (SSSR count). The van der Waals surface area contributed by atoms with Crippen LogP contribution in [0.2, 0.25) is 0 Å². The Balaban J connectivity index is 2.60. The molecule has 0 bridgehead atoms. The highest BCUT2D eigenvalue weighted by Gasteiger charge is 2.10. The van der Waals surface area contributed by atoms with Crippen molar-refractivity contribution in [2.75, 3.05) is 7.11 Å². The number of hydrogen-bond donors (Lipinski definition) is 2. The Kier molecular flexibility index (Phi) is 2.95. The van der Waals surface area contributed by atoms with Crippen molar-refractivity contribution in [1.82, 2.24) is 9.97 Å². The largest absolute Gasteiger partial charge is 0.501 e. The summed E-state index contributed by atoms with van der Waals surface area (Å²) in [6.07, 6.45) is 3.61. The Bertz CT molecular complexity index is 595. The highest BCUT2D eigenvalue weighted by atomic mass is 16.5. The van der Waals surface area contributed by atoms with Gasteiger partial charge < -0.3 is 15.1 Å². The first-order chi connectivity index (χ1) is 8.13. The van der Waals surface area contributed by atoms with Gasteiger partial charge in [-0.3, -0.25) is 0 Å². The van der Waals surface area contributed by atoms with Crippen molar-refractivity contribution in [1.29, 1.82) is 5.41 Å². The van der Waals surface area contributed by atoms with Crippen LogP contribution >= 0.6 is 0 Å². The minimum Gasteiger partial charge on any atom is -0.501 e. The molecule has 88 valence electrons. The maximum atomic E-state index is 7.82. The maximum absolute atomic E-state index is 7.82. The molecular formula is C13H15N3O. The molecule has 0 atom stereocenters. The zero-order chi connectivity index (χ0) is 12.4. The fourth-order valence-corrected chi connectivity index (χ4v) is 1.86. The van der Waals surface area contributed by atoms with Crippen molar-refractivity contribution in [3.8, 4) is 0 Å². The van der Waals surface area contributed by atoms with Gasteiger partial charge in [-0.15, -0.1) is 0 Å². The minimum atomic E-state index is 0.473. The molecule has 2 aromatic heterocycles. The van der Waals surface area contributed by atoms with E-state index in [1.54, 1.807) is 20.2 Å². The number of nitrogens with zero attached hydrogens (tertiary/aromatic N) is 1. The zero-order valence-electron chi connectivity index (χ0n) is 10.2. The molecule has 0 aliphatic carbocycles. The number of H-pyrrole nitrogens is 1. The van der Waals surface area contributed by atoms with Crippen LogP contribution in [0.3, 0.4) is 0 Å². The number of nitrogens with one attached hydrogen (secondary N) is 2. The second kappa shape index (κ2) is 4.41. The van der Waals surface area contributed by atoms with E-state index >= 15 is 0 Å². The van der Waals surface area contributed by atoms with Gasteiger partial charge in [-0.25, -0.2) is 4.98 Å². The molecule has 4 heteroatoms. The highest BCUT2D eigenvalue weighted by molar-refractivity contribution is 6.21. The molecule has 0 amide bonds. The van der Waals surface area contributed by atoms with E-state index in [1.165, 1.54) is 0 Å². The van der Waals surface area contributed by atoms with Gasteiger partial charge in [-0.05, 0) is 26.0 Å². The second-order valence-electron chi connectivity index (χ2n) is 3.90. The van der Waals surface area contributed by atoms with Gasteiger partial charge >= 0.3 is 0 Å².